The maximum absolute atomic E-state index is 13.5. The Morgan fingerprint density at radius 1 is 0.974 bits per heavy atom. The van der Waals surface area contributed by atoms with Crippen molar-refractivity contribution in [2.45, 2.75) is 32.9 Å². The molecule has 0 aliphatic carbocycles. The molecule has 2 aromatic heterocycles. The van der Waals surface area contributed by atoms with Gasteiger partial charge in [-0.2, -0.15) is 0 Å². The molecule has 38 heavy (non-hydrogen) atoms. The van der Waals surface area contributed by atoms with Gasteiger partial charge in [-0.15, -0.1) is 0 Å². The molecule has 0 fully saturated rings. The van der Waals surface area contributed by atoms with Gasteiger partial charge < -0.3 is 19.0 Å². The number of cyclic esters (lactones) is 1. The van der Waals surface area contributed by atoms with Crippen molar-refractivity contribution in [3.63, 3.8) is 0 Å². The monoisotopic (exact) mass is 504 g/mol. The van der Waals surface area contributed by atoms with Crippen molar-refractivity contribution in [1.82, 2.24) is 9.55 Å². The average molecular weight is 505 g/mol. The third-order valence-electron chi connectivity index (χ3n) is 7.50. The predicted octanol–water partition coefficient (Wildman–Crippen LogP) is 6.32. The molecule has 1 aliphatic rings. The average Bonchev–Trinajstić information content (AvgIpc) is 3.51. The van der Waals surface area contributed by atoms with E-state index in [1.54, 1.807) is 6.92 Å². The molecular formula is C32H28N2O4. The molecule has 6 nitrogen and oxygen atoms in total. The van der Waals surface area contributed by atoms with Crippen LogP contribution in [0.5, 0.6) is 0 Å². The van der Waals surface area contributed by atoms with E-state index in [2.05, 4.69) is 28.3 Å². The molecule has 3 aromatic carbocycles. The van der Waals surface area contributed by atoms with E-state index in [1.807, 2.05) is 74.5 Å². The first kappa shape index (κ1) is 23.8. The summed E-state index contributed by atoms with van der Waals surface area (Å²) in [5, 5.41) is 1.98. The molecule has 1 unspecified atom stereocenters. The zero-order valence-corrected chi connectivity index (χ0v) is 21.6. The zero-order valence-electron chi connectivity index (χ0n) is 21.6. The van der Waals surface area contributed by atoms with Gasteiger partial charge in [-0.25, -0.2) is 9.59 Å². The molecule has 3 heterocycles. The van der Waals surface area contributed by atoms with Crippen LogP contribution in [0.4, 0.5) is 0 Å². The number of aryl methyl sites for hydroxylation is 1. The number of esters is 2. The highest BCUT2D eigenvalue weighted by Crippen LogP contribution is 2.53. The van der Waals surface area contributed by atoms with Crippen LogP contribution in [0.3, 0.4) is 0 Å². The number of ether oxygens (including phenoxy) is 2. The molecule has 0 amide bonds. The summed E-state index contributed by atoms with van der Waals surface area (Å²) in [7, 11) is 0. The maximum Gasteiger partial charge on any atom is 0.340 e. The van der Waals surface area contributed by atoms with Crippen molar-refractivity contribution in [3.8, 4) is 0 Å². The Bertz CT molecular complexity index is 1770. The molecule has 190 valence electrons. The fourth-order valence-electron chi connectivity index (χ4n) is 5.96. The normalized spacial score (nSPS) is 16.6. The molecule has 0 saturated heterocycles. The molecule has 1 N–H and O–H groups in total. The number of carbonyl (C=O) groups is 2. The minimum Gasteiger partial charge on any atom is -0.460 e. The number of H-pyrrole nitrogens is 1. The van der Waals surface area contributed by atoms with Gasteiger partial charge in [-0.05, 0) is 39.0 Å². The van der Waals surface area contributed by atoms with Crippen LogP contribution < -0.4 is 0 Å². The smallest absolute Gasteiger partial charge is 0.340 e. The number of aromatic amines is 1. The number of fused-ring (bicyclic) bond motifs is 3. The molecule has 1 atom stereocenters. The van der Waals surface area contributed by atoms with E-state index in [0.29, 0.717) is 17.7 Å². The first-order chi connectivity index (χ1) is 18.3. The third kappa shape index (κ3) is 3.33. The quantitative estimate of drug-likeness (QED) is 0.217. The van der Waals surface area contributed by atoms with Gasteiger partial charge in [0.2, 0.25) is 0 Å². The van der Waals surface area contributed by atoms with Gasteiger partial charge >= 0.3 is 11.9 Å². The van der Waals surface area contributed by atoms with Crippen LogP contribution in [0.1, 0.15) is 45.4 Å². The van der Waals surface area contributed by atoms with E-state index in [1.165, 1.54) is 0 Å². The van der Waals surface area contributed by atoms with Crippen LogP contribution >= 0.6 is 0 Å². The first-order valence-corrected chi connectivity index (χ1v) is 12.7. The molecule has 0 spiro atoms. The number of rotatable bonds is 6. The van der Waals surface area contributed by atoms with Crippen LogP contribution in [0.15, 0.2) is 84.9 Å². The molecule has 0 bridgehead atoms. The molecule has 6 rings (SSSR count). The fourth-order valence-corrected chi connectivity index (χ4v) is 5.96. The number of aromatic nitrogens is 2. The largest absolute Gasteiger partial charge is 0.460 e. The highest BCUT2D eigenvalue weighted by Gasteiger charge is 2.52. The number of benzene rings is 3. The Morgan fingerprint density at radius 3 is 2.45 bits per heavy atom. The number of hydrogen-bond acceptors (Lipinski definition) is 4. The van der Waals surface area contributed by atoms with Crippen molar-refractivity contribution in [2.75, 3.05) is 6.61 Å². The standard InChI is InChI=1S/C32H28N2O4/c1-19(2)30(35)37-18-17-34-21(4)29(24-13-7-10-16-27(24)34)32(25-14-8-5-11-22(25)31(36)38-32)28-20(3)33-26-15-9-6-12-23(26)28/h5-16,33H,1,17-18H2,2-4H3. The van der Waals surface area contributed by atoms with E-state index in [4.69, 9.17) is 9.47 Å². The zero-order chi connectivity index (χ0) is 26.6. The van der Waals surface area contributed by atoms with Gasteiger partial charge in [-0.3, -0.25) is 0 Å². The maximum atomic E-state index is 13.5. The lowest BCUT2D eigenvalue weighted by Crippen LogP contribution is -2.31. The lowest BCUT2D eigenvalue weighted by Gasteiger charge is -2.31. The number of nitrogens with one attached hydrogen (secondary N) is 1. The van der Waals surface area contributed by atoms with Gasteiger partial charge in [0.25, 0.3) is 0 Å². The summed E-state index contributed by atoms with van der Waals surface area (Å²) < 4.78 is 14.1. The minimum absolute atomic E-state index is 0.195. The van der Waals surface area contributed by atoms with Crippen molar-refractivity contribution < 1.29 is 19.1 Å². The molecule has 0 radical (unpaired) electrons. The number of carbonyl (C=O) groups excluding carboxylic acids is 2. The Balaban J connectivity index is 1.65. The summed E-state index contributed by atoms with van der Waals surface area (Å²) in [6.07, 6.45) is 0. The lowest BCUT2D eigenvalue weighted by atomic mass is 9.77. The number of nitrogens with zero attached hydrogens (tertiary/aromatic N) is 1. The van der Waals surface area contributed by atoms with Crippen LogP contribution in [-0.2, 0) is 26.4 Å². The lowest BCUT2D eigenvalue weighted by molar-refractivity contribution is -0.139. The van der Waals surface area contributed by atoms with Gasteiger partial charge in [-0.1, -0.05) is 61.2 Å². The van der Waals surface area contributed by atoms with Gasteiger partial charge in [0.1, 0.15) is 6.61 Å². The van der Waals surface area contributed by atoms with E-state index in [-0.39, 0.29) is 12.6 Å². The summed E-state index contributed by atoms with van der Waals surface area (Å²) >= 11 is 0. The van der Waals surface area contributed by atoms with E-state index in [9.17, 15) is 9.59 Å². The molecule has 1 aliphatic heterocycles. The summed E-state index contributed by atoms with van der Waals surface area (Å²) in [6.45, 7) is 10.0. The summed E-state index contributed by atoms with van der Waals surface area (Å²) in [5.74, 6) is -0.763. The Hall–Kier alpha value is -4.58. The Labute approximate surface area is 220 Å². The van der Waals surface area contributed by atoms with Gasteiger partial charge in [0.15, 0.2) is 5.60 Å². The van der Waals surface area contributed by atoms with Crippen molar-refractivity contribution >= 4 is 33.7 Å². The van der Waals surface area contributed by atoms with Gasteiger partial charge in [0.05, 0.1) is 12.1 Å². The number of hydrogen-bond donors (Lipinski definition) is 1. The summed E-state index contributed by atoms with van der Waals surface area (Å²) in [5.41, 5.74) is 6.23. The second-order valence-corrected chi connectivity index (χ2v) is 9.83. The molecular weight excluding hydrogens is 476 g/mol. The second-order valence-electron chi connectivity index (χ2n) is 9.83. The van der Waals surface area contributed by atoms with Gasteiger partial charge in [0, 0.05) is 55.5 Å². The third-order valence-corrected chi connectivity index (χ3v) is 7.50. The fraction of sp³-hybridized carbons (Fsp3) is 0.188. The van der Waals surface area contributed by atoms with Crippen molar-refractivity contribution in [3.05, 3.63) is 119 Å². The molecule has 6 heteroatoms. The van der Waals surface area contributed by atoms with Crippen LogP contribution in [0.2, 0.25) is 0 Å². The van der Waals surface area contributed by atoms with E-state index >= 15 is 0 Å². The van der Waals surface area contributed by atoms with Crippen LogP contribution in [0, 0.1) is 13.8 Å². The SMILES string of the molecule is C=C(C)C(=O)OCCn1c(C)c(C2(c3c(C)[nH]c4ccccc34)OC(=O)c3ccccc32)c2ccccc21. The van der Waals surface area contributed by atoms with E-state index in [0.717, 1.165) is 49.9 Å². The topological polar surface area (TPSA) is 73.3 Å². The van der Waals surface area contributed by atoms with Crippen LogP contribution in [-0.4, -0.2) is 28.1 Å². The van der Waals surface area contributed by atoms with E-state index < -0.39 is 11.6 Å². The Kier molecular flexibility index (Phi) is 5.49. The van der Waals surface area contributed by atoms with Crippen LogP contribution in [0.25, 0.3) is 21.8 Å². The molecule has 5 aromatic rings. The van der Waals surface area contributed by atoms with Crippen molar-refractivity contribution in [1.29, 1.82) is 0 Å². The predicted molar refractivity (Wildman–Crippen MR) is 147 cm³/mol. The highest BCUT2D eigenvalue weighted by atomic mass is 16.6. The Morgan fingerprint density at radius 2 is 1.66 bits per heavy atom. The first-order valence-electron chi connectivity index (χ1n) is 12.7. The number of para-hydroxylation sites is 2. The summed E-state index contributed by atoms with van der Waals surface area (Å²) in [6, 6.07) is 23.8. The second kappa shape index (κ2) is 8.77. The summed E-state index contributed by atoms with van der Waals surface area (Å²) in [4.78, 5) is 29.0. The highest BCUT2D eigenvalue weighted by molar-refractivity contribution is 6.01. The molecule has 0 saturated carbocycles. The minimum atomic E-state index is -1.17. The van der Waals surface area contributed by atoms with Crippen molar-refractivity contribution in [2.24, 2.45) is 0 Å².